The van der Waals surface area contributed by atoms with Gasteiger partial charge in [0.25, 0.3) is 0 Å². The second-order valence-corrected chi connectivity index (χ2v) is 7.16. The van der Waals surface area contributed by atoms with Gasteiger partial charge in [0.05, 0.1) is 19.6 Å². The minimum Gasteiger partial charge on any atom is -0.469 e. The van der Waals surface area contributed by atoms with Gasteiger partial charge in [-0.15, -0.1) is 0 Å². The van der Waals surface area contributed by atoms with E-state index in [1.807, 2.05) is 31.2 Å². The van der Waals surface area contributed by atoms with Gasteiger partial charge in [0.15, 0.2) is 5.78 Å². The third-order valence-electron chi connectivity index (χ3n) is 4.16. The van der Waals surface area contributed by atoms with Gasteiger partial charge in [-0.25, -0.2) is 0 Å². The highest BCUT2D eigenvalue weighted by molar-refractivity contribution is 9.10. The average Bonchev–Trinajstić information content (AvgIpc) is 2.66. The number of methoxy groups -OCH3 is 1. The molecule has 142 valence electrons. The summed E-state index contributed by atoms with van der Waals surface area (Å²) in [5.74, 6) is -0.792. The number of hydrogen-bond acceptors (Lipinski definition) is 4. The van der Waals surface area contributed by atoms with Gasteiger partial charge in [-0.2, -0.15) is 0 Å². The summed E-state index contributed by atoms with van der Waals surface area (Å²) in [5, 5.41) is 2.83. The highest BCUT2D eigenvalue weighted by Crippen LogP contribution is 2.19. The van der Waals surface area contributed by atoms with Crippen molar-refractivity contribution in [2.24, 2.45) is 0 Å². The zero-order valence-electron chi connectivity index (χ0n) is 15.3. The summed E-state index contributed by atoms with van der Waals surface area (Å²) in [4.78, 5) is 36.2. The third-order valence-corrected chi connectivity index (χ3v) is 4.69. The predicted molar refractivity (Wildman–Crippen MR) is 106 cm³/mol. The molecule has 2 aromatic carbocycles. The molecule has 0 fully saturated rings. The van der Waals surface area contributed by atoms with Gasteiger partial charge in [0.2, 0.25) is 5.91 Å². The van der Waals surface area contributed by atoms with Crippen molar-refractivity contribution >= 4 is 33.6 Å². The molecule has 2 rings (SSSR count). The molecule has 0 aliphatic heterocycles. The molecule has 0 saturated heterocycles. The van der Waals surface area contributed by atoms with Crippen molar-refractivity contribution in [1.29, 1.82) is 0 Å². The molecule has 6 heteroatoms. The summed E-state index contributed by atoms with van der Waals surface area (Å²) in [6, 6.07) is 14.1. The van der Waals surface area contributed by atoms with Crippen LogP contribution in [0.3, 0.4) is 0 Å². The molecule has 0 aromatic heterocycles. The van der Waals surface area contributed by atoms with E-state index in [9.17, 15) is 14.4 Å². The number of aryl methyl sites for hydroxylation is 1. The average molecular weight is 432 g/mol. The van der Waals surface area contributed by atoms with Crippen molar-refractivity contribution in [2.75, 3.05) is 7.11 Å². The van der Waals surface area contributed by atoms with E-state index in [1.54, 1.807) is 24.3 Å². The summed E-state index contributed by atoms with van der Waals surface area (Å²) < 4.78 is 5.61. The predicted octanol–water partition coefficient (Wildman–Crippen LogP) is 4.14. The van der Waals surface area contributed by atoms with Crippen LogP contribution in [0.4, 0.5) is 0 Å². The van der Waals surface area contributed by atoms with Gasteiger partial charge in [0.1, 0.15) is 0 Å². The minimum atomic E-state index is -0.492. The molecular formula is C21H22BrNO4. The van der Waals surface area contributed by atoms with E-state index in [0.717, 1.165) is 15.6 Å². The number of nitrogens with one attached hydrogen (secondary N) is 1. The lowest BCUT2D eigenvalue weighted by atomic mass is 10.0. The highest BCUT2D eigenvalue weighted by atomic mass is 79.9. The Hall–Kier alpha value is -2.47. The fraction of sp³-hybridized carbons (Fsp3) is 0.286. The van der Waals surface area contributed by atoms with Gasteiger partial charge < -0.3 is 10.1 Å². The Bertz CT molecular complexity index is 800. The summed E-state index contributed by atoms with van der Waals surface area (Å²) >= 11 is 3.32. The number of benzene rings is 2. The van der Waals surface area contributed by atoms with Gasteiger partial charge in [-0.1, -0.05) is 57.9 Å². The van der Waals surface area contributed by atoms with Gasteiger partial charge >= 0.3 is 5.97 Å². The molecule has 0 spiro atoms. The van der Waals surface area contributed by atoms with Crippen LogP contribution in [0.5, 0.6) is 0 Å². The van der Waals surface area contributed by atoms with Crippen LogP contribution in [0.25, 0.3) is 0 Å². The lowest BCUT2D eigenvalue weighted by Gasteiger charge is -2.18. The Balaban J connectivity index is 1.98. The molecule has 0 aliphatic carbocycles. The van der Waals surface area contributed by atoms with Crippen LogP contribution in [0.1, 0.15) is 46.8 Å². The Morgan fingerprint density at radius 3 is 2.22 bits per heavy atom. The lowest BCUT2D eigenvalue weighted by Crippen LogP contribution is -2.30. The number of carbonyl (C=O) groups is 3. The van der Waals surface area contributed by atoms with Crippen LogP contribution in [0.15, 0.2) is 53.0 Å². The van der Waals surface area contributed by atoms with E-state index in [2.05, 4.69) is 21.2 Å². The van der Waals surface area contributed by atoms with Crippen molar-refractivity contribution in [1.82, 2.24) is 5.32 Å². The second-order valence-electron chi connectivity index (χ2n) is 6.24. The maximum Gasteiger partial charge on any atom is 0.307 e. The normalized spacial score (nSPS) is 11.5. The lowest BCUT2D eigenvalue weighted by molar-refractivity contribution is -0.141. The molecular weight excluding hydrogens is 410 g/mol. The summed E-state index contributed by atoms with van der Waals surface area (Å²) in [5.41, 5.74) is 2.47. The van der Waals surface area contributed by atoms with E-state index in [-0.39, 0.29) is 31.0 Å². The Labute approximate surface area is 167 Å². The maximum atomic E-state index is 12.3. The van der Waals surface area contributed by atoms with Crippen molar-refractivity contribution in [3.63, 3.8) is 0 Å². The fourth-order valence-electron chi connectivity index (χ4n) is 2.57. The van der Waals surface area contributed by atoms with E-state index in [4.69, 9.17) is 4.74 Å². The standard InChI is InChI=1S/C21H22BrNO4/c1-14-3-5-15(6-4-14)18(13-21(26)27-2)23-20(25)12-11-19(24)16-7-9-17(22)10-8-16/h3-10,18H,11-13H2,1-2H3,(H,23,25). The number of carbonyl (C=O) groups excluding carboxylic acids is 3. The van der Waals surface area contributed by atoms with E-state index < -0.39 is 12.0 Å². The van der Waals surface area contributed by atoms with Gasteiger partial charge in [0, 0.05) is 22.9 Å². The number of halogens is 1. The van der Waals surface area contributed by atoms with Gasteiger partial charge in [-0.3, -0.25) is 14.4 Å². The van der Waals surface area contributed by atoms with Crippen molar-refractivity contribution in [3.8, 4) is 0 Å². The molecule has 5 nitrogen and oxygen atoms in total. The fourth-order valence-corrected chi connectivity index (χ4v) is 2.84. The monoisotopic (exact) mass is 431 g/mol. The minimum absolute atomic E-state index is 0.0337. The number of rotatable bonds is 8. The Morgan fingerprint density at radius 1 is 1.00 bits per heavy atom. The van der Waals surface area contributed by atoms with Crippen LogP contribution in [-0.2, 0) is 14.3 Å². The van der Waals surface area contributed by atoms with Crippen LogP contribution < -0.4 is 5.32 Å². The third kappa shape index (κ3) is 6.64. The Morgan fingerprint density at radius 2 is 1.63 bits per heavy atom. The smallest absolute Gasteiger partial charge is 0.307 e. The molecule has 1 N–H and O–H groups in total. The van der Waals surface area contributed by atoms with Crippen molar-refractivity contribution in [2.45, 2.75) is 32.2 Å². The molecule has 0 bridgehead atoms. The van der Waals surface area contributed by atoms with Crippen molar-refractivity contribution < 1.29 is 19.1 Å². The molecule has 1 atom stereocenters. The maximum absolute atomic E-state index is 12.3. The van der Waals surface area contributed by atoms with Crippen LogP contribution in [0, 0.1) is 6.92 Å². The van der Waals surface area contributed by atoms with E-state index in [0.29, 0.717) is 5.56 Å². The van der Waals surface area contributed by atoms with Gasteiger partial charge in [-0.05, 0) is 24.6 Å². The number of Topliss-reactive ketones (excluding diaryl/α,β-unsaturated/α-hetero) is 1. The van der Waals surface area contributed by atoms with Crippen LogP contribution in [-0.4, -0.2) is 24.8 Å². The van der Waals surface area contributed by atoms with Crippen LogP contribution in [0.2, 0.25) is 0 Å². The van der Waals surface area contributed by atoms with Crippen LogP contribution >= 0.6 is 15.9 Å². The first-order valence-corrected chi connectivity index (χ1v) is 9.40. The van der Waals surface area contributed by atoms with E-state index in [1.165, 1.54) is 7.11 Å². The second kappa shape index (κ2) is 10.0. The number of ether oxygens (including phenoxy) is 1. The number of esters is 1. The molecule has 1 unspecified atom stereocenters. The molecule has 27 heavy (non-hydrogen) atoms. The summed E-state index contributed by atoms with van der Waals surface area (Å²) in [6.07, 6.45) is 0.191. The van der Waals surface area contributed by atoms with Crippen molar-refractivity contribution in [3.05, 3.63) is 69.7 Å². The SMILES string of the molecule is COC(=O)CC(NC(=O)CCC(=O)c1ccc(Br)cc1)c1ccc(C)cc1. The number of ketones is 1. The largest absolute Gasteiger partial charge is 0.469 e. The zero-order chi connectivity index (χ0) is 19.8. The topological polar surface area (TPSA) is 72.5 Å². The highest BCUT2D eigenvalue weighted by Gasteiger charge is 2.19. The first-order chi connectivity index (χ1) is 12.9. The number of hydrogen-bond donors (Lipinski definition) is 1. The first-order valence-electron chi connectivity index (χ1n) is 8.60. The molecule has 0 aliphatic rings. The molecule has 0 radical (unpaired) electrons. The molecule has 0 saturated carbocycles. The quantitative estimate of drug-likeness (QED) is 0.503. The summed E-state index contributed by atoms with van der Waals surface area (Å²) in [6.45, 7) is 1.96. The number of amides is 1. The molecule has 0 heterocycles. The molecule has 1 amide bonds. The first kappa shape index (κ1) is 20.8. The zero-order valence-corrected chi connectivity index (χ0v) is 16.9. The summed E-state index contributed by atoms with van der Waals surface area (Å²) in [7, 11) is 1.31. The Kier molecular flexibility index (Phi) is 7.73. The van der Waals surface area contributed by atoms with E-state index >= 15 is 0 Å². The molecule has 2 aromatic rings.